The second-order valence-corrected chi connectivity index (χ2v) is 4.96. The van der Waals surface area contributed by atoms with E-state index in [4.69, 9.17) is 5.11 Å². The average Bonchev–Trinajstić information content (AvgIpc) is 1.97. The Kier molecular flexibility index (Phi) is 4.37. The number of aliphatic carboxylic acids is 1. The second-order valence-electron chi connectivity index (χ2n) is 2.66. The van der Waals surface area contributed by atoms with E-state index in [1.807, 2.05) is 0 Å². The molecule has 84 valence electrons. The summed E-state index contributed by atoms with van der Waals surface area (Å²) in [4.78, 5) is 9.96. The van der Waals surface area contributed by atoms with E-state index in [1.54, 1.807) is 0 Å². The van der Waals surface area contributed by atoms with Gasteiger partial charge in [0.05, 0.1) is 24.3 Å². The Morgan fingerprint density at radius 2 is 1.71 bits per heavy atom. The van der Waals surface area contributed by atoms with Crippen LogP contribution in [0, 0.1) is 0 Å². The quantitative estimate of drug-likeness (QED) is 0.764. The Labute approximate surface area is 78.6 Å². The van der Waals surface area contributed by atoms with Gasteiger partial charge in [-0.3, -0.25) is 4.79 Å². The molecule has 0 fully saturated rings. The summed E-state index contributed by atoms with van der Waals surface area (Å²) in [5.41, 5.74) is 0. The van der Waals surface area contributed by atoms with Gasteiger partial charge >= 0.3 is 12.1 Å². The van der Waals surface area contributed by atoms with Crippen LogP contribution in [0.2, 0.25) is 0 Å². The van der Waals surface area contributed by atoms with Crippen molar-refractivity contribution in [2.75, 3.05) is 11.5 Å². The third kappa shape index (κ3) is 7.84. The molecule has 0 aromatic rings. The van der Waals surface area contributed by atoms with Crippen LogP contribution in [-0.2, 0) is 14.6 Å². The monoisotopic (exact) mass is 234 g/mol. The molecule has 0 saturated heterocycles. The van der Waals surface area contributed by atoms with E-state index >= 15 is 0 Å². The highest BCUT2D eigenvalue weighted by Gasteiger charge is 2.29. The molecule has 0 aliphatic carbocycles. The lowest BCUT2D eigenvalue weighted by Crippen LogP contribution is -2.19. The molecule has 0 unspecified atom stereocenters. The Balaban J connectivity index is 4.03. The summed E-state index contributed by atoms with van der Waals surface area (Å²) in [5.74, 6) is -3.15. The minimum absolute atomic E-state index is 0.666. The van der Waals surface area contributed by atoms with Crippen molar-refractivity contribution < 1.29 is 31.5 Å². The zero-order valence-electron chi connectivity index (χ0n) is 7.04. The van der Waals surface area contributed by atoms with Crippen LogP contribution in [0.15, 0.2) is 0 Å². The minimum atomic E-state index is -4.53. The maximum atomic E-state index is 11.6. The predicted octanol–water partition coefficient (Wildman–Crippen LogP) is 0.828. The van der Waals surface area contributed by atoms with E-state index in [0.717, 1.165) is 0 Å². The maximum Gasteiger partial charge on any atom is 0.390 e. The lowest BCUT2D eigenvalue weighted by molar-refractivity contribution is -0.136. The van der Waals surface area contributed by atoms with Gasteiger partial charge in [0.15, 0.2) is 9.84 Å². The lowest BCUT2D eigenvalue weighted by atomic mass is 10.5. The van der Waals surface area contributed by atoms with Gasteiger partial charge < -0.3 is 5.11 Å². The fourth-order valence-corrected chi connectivity index (χ4v) is 1.85. The maximum absolute atomic E-state index is 11.6. The van der Waals surface area contributed by atoms with Gasteiger partial charge in [-0.15, -0.1) is 0 Å². The number of carboxylic acids is 1. The Morgan fingerprint density at radius 1 is 1.21 bits per heavy atom. The summed E-state index contributed by atoms with van der Waals surface area (Å²) >= 11 is 0. The number of carboxylic acid groups (broad SMARTS) is 1. The van der Waals surface area contributed by atoms with Gasteiger partial charge in [0, 0.05) is 0 Å². The van der Waals surface area contributed by atoms with Crippen LogP contribution in [0.3, 0.4) is 0 Å². The summed E-state index contributed by atoms with van der Waals surface area (Å²) in [6.07, 6.45) is -6.63. The van der Waals surface area contributed by atoms with Crippen LogP contribution in [0.4, 0.5) is 13.2 Å². The smallest absolute Gasteiger partial charge is 0.390 e. The summed E-state index contributed by atoms with van der Waals surface area (Å²) in [7, 11) is -3.91. The summed E-state index contributed by atoms with van der Waals surface area (Å²) in [6.45, 7) is 0. The molecule has 1 N–H and O–H groups in total. The van der Waals surface area contributed by atoms with Gasteiger partial charge in [0.2, 0.25) is 0 Å². The van der Waals surface area contributed by atoms with Crippen molar-refractivity contribution in [2.45, 2.75) is 19.0 Å². The zero-order valence-corrected chi connectivity index (χ0v) is 7.86. The van der Waals surface area contributed by atoms with Crippen molar-refractivity contribution in [3.05, 3.63) is 0 Å². The van der Waals surface area contributed by atoms with E-state index < -0.39 is 46.3 Å². The summed E-state index contributed by atoms with van der Waals surface area (Å²) in [5, 5.41) is 8.12. The van der Waals surface area contributed by atoms with Crippen LogP contribution in [0.25, 0.3) is 0 Å². The topological polar surface area (TPSA) is 71.4 Å². The van der Waals surface area contributed by atoms with Crippen molar-refractivity contribution in [3.8, 4) is 0 Å². The highest BCUT2D eigenvalue weighted by molar-refractivity contribution is 7.91. The zero-order chi connectivity index (χ0) is 11.4. The van der Waals surface area contributed by atoms with E-state index in [2.05, 4.69) is 0 Å². The van der Waals surface area contributed by atoms with Gasteiger partial charge in [0.1, 0.15) is 0 Å². The van der Waals surface area contributed by atoms with Crippen LogP contribution in [0.1, 0.15) is 12.8 Å². The standard InChI is InChI=1S/C6H9F3O4S/c7-6(8,9)2-4-14(12,13)3-1-5(10)11/h1-4H2,(H,10,11). The Morgan fingerprint density at radius 3 is 2.07 bits per heavy atom. The van der Waals surface area contributed by atoms with Crippen LogP contribution < -0.4 is 0 Å². The Bertz CT molecular complexity index is 293. The first-order valence-electron chi connectivity index (χ1n) is 3.61. The molecule has 0 radical (unpaired) electrons. The molecule has 14 heavy (non-hydrogen) atoms. The average molecular weight is 234 g/mol. The number of halogens is 3. The second kappa shape index (κ2) is 4.63. The molecule has 8 heteroatoms. The van der Waals surface area contributed by atoms with Crippen LogP contribution in [0.5, 0.6) is 0 Å². The largest absolute Gasteiger partial charge is 0.481 e. The Hall–Kier alpha value is -0.790. The van der Waals surface area contributed by atoms with Crippen molar-refractivity contribution in [2.24, 2.45) is 0 Å². The van der Waals surface area contributed by atoms with Crippen molar-refractivity contribution >= 4 is 15.8 Å². The third-order valence-corrected chi connectivity index (χ3v) is 2.98. The predicted molar refractivity (Wildman–Crippen MR) is 41.6 cm³/mol. The molecular weight excluding hydrogens is 225 g/mol. The normalized spacial score (nSPS) is 12.8. The molecule has 0 amide bonds. The first-order chi connectivity index (χ1) is 6.12. The number of sulfone groups is 1. The number of hydrogen-bond acceptors (Lipinski definition) is 3. The summed E-state index contributed by atoms with van der Waals surface area (Å²) < 4.78 is 56.4. The van der Waals surface area contributed by atoms with E-state index in [-0.39, 0.29) is 0 Å². The first kappa shape index (κ1) is 13.2. The highest BCUT2D eigenvalue weighted by Crippen LogP contribution is 2.20. The van der Waals surface area contributed by atoms with E-state index in [0.29, 0.717) is 0 Å². The molecule has 0 aliphatic heterocycles. The van der Waals surface area contributed by atoms with Crippen LogP contribution in [-0.4, -0.2) is 37.2 Å². The lowest BCUT2D eigenvalue weighted by Gasteiger charge is -2.05. The van der Waals surface area contributed by atoms with E-state index in [9.17, 15) is 26.4 Å². The number of hydrogen-bond donors (Lipinski definition) is 1. The molecule has 0 saturated carbocycles. The minimum Gasteiger partial charge on any atom is -0.481 e. The molecule has 0 aromatic heterocycles. The molecule has 0 rings (SSSR count). The van der Waals surface area contributed by atoms with Crippen molar-refractivity contribution in [1.29, 1.82) is 0 Å². The van der Waals surface area contributed by atoms with Gasteiger partial charge in [-0.1, -0.05) is 0 Å². The van der Waals surface area contributed by atoms with Crippen LogP contribution >= 0.6 is 0 Å². The molecule has 0 heterocycles. The summed E-state index contributed by atoms with van der Waals surface area (Å²) in [6, 6.07) is 0. The molecule has 0 spiro atoms. The molecule has 0 aromatic carbocycles. The van der Waals surface area contributed by atoms with Gasteiger partial charge in [-0.05, 0) is 0 Å². The molecule has 0 aliphatic rings. The van der Waals surface area contributed by atoms with Crippen molar-refractivity contribution in [1.82, 2.24) is 0 Å². The fraction of sp³-hybridized carbons (Fsp3) is 0.833. The molecule has 0 bridgehead atoms. The number of alkyl halides is 3. The highest BCUT2D eigenvalue weighted by atomic mass is 32.2. The van der Waals surface area contributed by atoms with Gasteiger partial charge in [-0.2, -0.15) is 13.2 Å². The van der Waals surface area contributed by atoms with Crippen molar-refractivity contribution in [3.63, 3.8) is 0 Å². The SMILES string of the molecule is O=C(O)CCS(=O)(=O)CCC(F)(F)F. The van der Waals surface area contributed by atoms with Gasteiger partial charge in [-0.25, -0.2) is 8.42 Å². The molecule has 0 atom stereocenters. The first-order valence-corrected chi connectivity index (χ1v) is 5.43. The van der Waals surface area contributed by atoms with E-state index in [1.165, 1.54) is 0 Å². The molecular formula is C6H9F3O4S. The third-order valence-electron chi connectivity index (χ3n) is 1.32. The number of carbonyl (C=O) groups is 1. The molecule has 4 nitrogen and oxygen atoms in total. The van der Waals surface area contributed by atoms with Gasteiger partial charge in [0.25, 0.3) is 0 Å². The fourth-order valence-electron chi connectivity index (χ4n) is 0.616. The number of rotatable bonds is 5.